The lowest BCUT2D eigenvalue weighted by Crippen LogP contribution is -2.48. The highest BCUT2D eigenvalue weighted by molar-refractivity contribution is 5.92. The summed E-state index contributed by atoms with van der Waals surface area (Å²) in [7, 11) is 0. The molecular formula is C19H20N8O3. The number of hydrogen-bond acceptors (Lipinski definition) is 8. The van der Waals surface area contributed by atoms with Crippen molar-refractivity contribution >= 4 is 34.7 Å². The number of carbonyl (C=O) groups excluding carboxylic acids is 1. The second kappa shape index (κ2) is 8.23. The number of nitrogens with zero attached hydrogens (tertiary/aromatic N) is 8. The molecule has 1 saturated heterocycles. The molecule has 0 spiro atoms. The number of carbonyl (C=O) groups is 1. The molecule has 154 valence electrons. The van der Waals surface area contributed by atoms with Gasteiger partial charge in [-0.2, -0.15) is 0 Å². The van der Waals surface area contributed by atoms with E-state index < -0.39 is 4.92 Å². The van der Waals surface area contributed by atoms with E-state index in [2.05, 4.69) is 25.2 Å². The van der Waals surface area contributed by atoms with Crippen LogP contribution in [-0.2, 0) is 11.3 Å². The van der Waals surface area contributed by atoms with Gasteiger partial charge in [0.2, 0.25) is 5.91 Å². The van der Waals surface area contributed by atoms with Gasteiger partial charge in [0.05, 0.1) is 4.92 Å². The molecule has 11 nitrogen and oxygen atoms in total. The first-order valence-corrected chi connectivity index (χ1v) is 9.57. The summed E-state index contributed by atoms with van der Waals surface area (Å²) in [5.41, 5.74) is 2.12. The van der Waals surface area contributed by atoms with Gasteiger partial charge < -0.3 is 9.80 Å². The van der Waals surface area contributed by atoms with Crippen molar-refractivity contribution in [2.45, 2.75) is 13.5 Å². The predicted molar refractivity (Wildman–Crippen MR) is 110 cm³/mol. The van der Waals surface area contributed by atoms with Crippen LogP contribution >= 0.6 is 0 Å². The van der Waals surface area contributed by atoms with Crippen molar-refractivity contribution in [1.82, 2.24) is 29.9 Å². The Labute approximate surface area is 171 Å². The van der Waals surface area contributed by atoms with Crippen LogP contribution in [0.2, 0.25) is 0 Å². The number of non-ortho nitro benzene ring substituents is 1. The second-order valence-corrected chi connectivity index (χ2v) is 6.77. The van der Waals surface area contributed by atoms with Crippen LogP contribution in [0, 0.1) is 10.1 Å². The van der Waals surface area contributed by atoms with Crippen LogP contribution in [0.1, 0.15) is 12.5 Å². The number of hydrogen-bond donors (Lipinski definition) is 0. The van der Waals surface area contributed by atoms with E-state index in [0.29, 0.717) is 43.9 Å². The third-order valence-corrected chi connectivity index (χ3v) is 4.99. The van der Waals surface area contributed by atoms with Crippen molar-refractivity contribution in [3.05, 3.63) is 52.3 Å². The third kappa shape index (κ3) is 3.81. The van der Waals surface area contributed by atoms with Crippen LogP contribution in [0.3, 0.4) is 0 Å². The SMILES string of the molecule is CCn1nnc2c(N3CCN(C(=O)/C=C\c4ccc([N+](=O)[O-])cc4)CC3)ncnc21. The van der Waals surface area contributed by atoms with Crippen molar-refractivity contribution in [2.75, 3.05) is 31.1 Å². The van der Waals surface area contributed by atoms with Gasteiger partial charge in [-0.15, -0.1) is 5.10 Å². The van der Waals surface area contributed by atoms with Gasteiger partial charge in [0.25, 0.3) is 5.69 Å². The fraction of sp³-hybridized carbons (Fsp3) is 0.316. The Hall–Kier alpha value is -3.89. The number of benzene rings is 1. The maximum atomic E-state index is 12.5. The Kier molecular flexibility index (Phi) is 5.33. The molecule has 2 aromatic heterocycles. The zero-order valence-electron chi connectivity index (χ0n) is 16.4. The molecule has 1 aromatic carbocycles. The van der Waals surface area contributed by atoms with E-state index in [-0.39, 0.29) is 11.6 Å². The average molecular weight is 408 g/mol. The molecule has 0 bridgehead atoms. The normalized spacial score (nSPS) is 14.6. The number of anilines is 1. The van der Waals surface area contributed by atoms with Gasteiger partial charge in [-0.3, -0.25) is 14.9 Å². The van der Waals surface area contributed by atoms with Gasteiger partial charge in [0.1, 0.15) is 6.33 Å². The van der Waals surface area contributed by atoms with E-state index in [1.54, 1.807) is 27.8 Å². The fourth-order valence-corrected chi connectivity index (χ4v) is 3.34. The number of aryl methyl sites for hydroxylation is 1. The largest absolute Gasteiger partial charge is 0.351 e. The number of nitro benzene ring substituents is 1. The van der Waals surface area contributed by atoms with E-state index in [0.717, 1.165) is 11.4 Å². The highest BCUT2D eigenvalue weighted by Crippen LogP contribution is 2.22. The zero-order valence-corrected chi connectivity index (χ0v) is 16.4. The molecule has 4 rings (SSSR count). The Morgan fingerprint density at radius 3 is 2.57 bits per heavy atom. The first-order valence-electron chi connectivity index (χ1n) is 9.57. The maximum absolute atomic E-state index is 12.5. The molecule has 1 fully saturated rings. The summed E-state index contributed by atoms with van der Waals surface area (Å²) < 4.78 is 1.73. The zero-order chi connectivity index (χ0) is 21.1. The van der Waals surface area contributed by atoms with Crippen molar-refractivity contribution in [1.29, 1.82) is 0 Å². The molecule has 1 aliphatic rings. The summed E-state index contributed by atoms with van der Waals surface area (Å²) in [6.45, 7) is 5.01. The smallest absolute Gasteiger partial charge is 0.269 e. The molecular weight excluding hydrogens is 388 g/mol. The number of rotatable bonds is 5. The van der Waals surface area contributed by atoms with E-state index in [1.165, 1.54) is 24.5 Å². The molecule has 11 heteroatoms. The summed E-state index contributed by atoms with van der Waals surface area (Å²) in [4.78, 5) is 35.3. The summed E-state index contributed by atoms with van der Waals surface area (Å²) in [6.07, 6.45) is 4.67. The highest BCUT2D eigenvalue weighted by Gasteiger charge is 2.23. The summed E-state index contributed by atoms with van der Waals surface area (Å²) >= 11 is 0. The first kappa shape index (κ1) is 19.4. The van der Waals surface area contributed by atoms with Crippen LogP contribution in [0.5, 0.6) is 0 Å². The molecule has 3 aromatic rings. The fourth-order valence-electron chi connectivity index (χ4n) is 3.34. The molecule has 0 radical (unpaired) electrons. The molecule has 1 amide bonds. The predicted octanol–water partition coefficient (Wildman–Crippen LogP) is 1.51. The molecule has 30 heavy (non-hydrogen) atoms. The summed E-state index contributed by atoms with van der Waals surface area (Å²) in [6, 6.07) is 6.06. The quantitative estimate of drug-likeness (QED) is 0.354. The lowest BCUT2D eigenvalue weighted by Gasteiger charge is -2.34. The van der Waals surface area contributed by atoms with Crippen LogP contribution in [0.15, 0.2) is 36.7 Å². The Morgan fingerprint density at radius 1 is 1.17 bits per heavy atom. The van der Waals surface area contributed by atoms with Crippen molar-refractivity contribution in [3.63, 3.8) is 0 Å². The van der Waals surface area contributed by atoms with Crippen LogP contribution in [0.4, 0.5) is 11.5 Å². The van der Waals surface area contributed by atoms with Crippen LogP contribution < -0.4 is 4.90 Å². The number of aromatic nitrogens is 5. The topological polar surface area (TPSA) is 123 Å². The highest BCUT2D eigenvalue weighted by atomic mass is 16.6. The number of nitro groups is 1. The number of piperazine rings is 1. The third-order valence-electron chi connectivity index (χ3n) is 4.99. The minimum Gasteiger partial charge on any atom is -0.351 e. The molecule has 0 unspecified atom stereocenters. The Bertz CT molecular complexity index is 1100. The molecule has 1 aliphatic heterocycles. The van der Waals surface area contributed by atoms with Gasteiger partial charge in [-0.05, 0) is 30.7 Å². The van der Waals surface area contributed by atoms with E-state index in [1.807, 2.05) is 6.92 Å². The van der Waals surface area contributed by atoms with E-state index >= 15 is 0 Å². The molecule has 0 saturated carbocycles. The van der Waals surface area contributed by atoms with E-state index in [4.69, 9.17) is 0 Å². The summed E-state index contributed by atoms with van der Waals surface area (Å²) in [5, 5.41) is 19.0. The molecule has 0 N–H and O–H groups in total. The molecule has 0 aliphatic carbocycles. The molecule has 3 heterocycles. The van der Waals surface area contributed by atoms with E-state index in [9.17, 15) is 14.9 Å². The van der Waals surface area contributed by atoms with Crippen molar-refractivity contribution < 1.29 is 9.72 Å². The standard InChI is InChI=1S/C19H20N8O3/c1-2-26-19-17(22-23-26)18(20-13-21-19)25-11-9-24(10-12-25)16(28)8-5-14-3-6-15(7-4-14)27(29)30/h3-8,13H,2,9-12H2,1H3/b8-5-. The average Bonchev–Trinajstić information content (AvgIpc) is 3.21. The number of amides is 1. The Morgan fingerprint density at radius 2 is 1.90 bits per heavy atom. The lowest BCUT2D eigenvalue weighted by atomic mass is 10.2. The number of fused-ring (bicyclic) bond motifs is 1. The minimum atomic E-state index is -0.452. The van der Waals surface area contributed by atoms with Gasteiger partial charge in [0, 0.05) is 50.9 Å². The lowest BCUT2D eigenvalue weighted by molar-refractivity contribution is -0.384. The maximum Gasteiger partial charge on any atom is 0.269 e. The van der Waals surface area contributed by atoms with Gasteiger partial charge in [0.15, 0.2) is 17.0 Å². The van der Waals surface area contributed by atoms with Crippen molar-refractivity contribution in [2.24, 2.45) is 0 Å². The van der Waals surface area contributed by atoms with Gasteiger partial charge in [-0.25, -0.2) is 14.6 Å². The monoisotopic (exact) mass is 408 g/mol. The van der Waals surface area contributed by atoms with Crippen molar-refractivity contribution in [3.8, 4) is 0 Å². The second-order valence-electron chi connectivity index (χ2n) is 6.77. The minimum absolute atomic E-state index is 0.0207. The van der Waals surface area contributed by atoms with Gasteiger partial charge in [-0.1, -0.05) is 5.21 Å². The Balaban J connectivity index is 1.39. The molecule has 0 atom stereocenters. The van der Waals surface area contributed by atoms with Crippen LogP contribution in [-0.4, -0.2) is 66.9 Å². The van der Waals surface area contributed by atoms with Gasteiger partial charge >= 0.3 is 0 Å². The first-order chi connectivity index (χ1) is 14.6. The van der Waals surface area contributed by atoms with Crippen LogP contribution in [0.25, 0.3) is 17.2 Å². The summed E-state index contributed by atoms with van der Waals surface area (Å²) in [5.74, 6) is 0.631.